The van der Waals surface area contributed by atoms with Crippen LogP contribution in [0.1, 0.15) is 61.5 Å². The highest BCUT2D eigenvalue weighted by Crippen LogP contribution is 2.24. The third-order valence-electron chi connectivity index (χ3n) is 5.98. The summed E-state index contributed by atoms with van der Waals surface area (Å²) >= 11 is 0. The summed E-state index contributed by atoms with van der Waals surface area (Å²) in [6, 6.07) is 20.0. The summed E-state index contributed by atoms with van der Waals surface area (Å²) in [4.78, 5) is 24.8. The number of anilines is 1. The van der Waals surface area contributed by atoms with E-state index in [1.807, 2.05) is 53.4 Å². The number of amides is 1. The second-order valence-electron chi connectivity index (χ2n) is 8.47. The second kappa shape index (κ2) is 10.4. The van der Waals surface area contributed by atoms with Crippen LogP contribution in [0.4, 0.5) is 5.69 Å². The van der Waals surface area contributed by atoms with Gasteiger partial charge >= 0.3 is 0 Å². The molecule has 0 aliphatic rings. The first-order valence-corrected chi connectivity index (χ1v) is 11.7. The Bertz CT molecular complexity index is 1200. The first-order chi connectivity index (χ1) is 15.7. The van der Waals surface area contributed by atoms with Crippen LogP contribution in [-0.4, -0.2) is 22.4 Å². The number of carbonyl (C=O) groups excluding carboxylic acids is 1. The molecule has 0 atom stereocenters. The van der Waals surface area contributed by atoms with Crippen molar-refractivity contribution in [1.82, 2.24) is 9.97 Å². The Hall–Kier alpha value is -3.27. The number of unbranched alkanes of at least 4 members (excludes halogenated alkanes) is 5. The predicted molar refractivity (Wildman–Crippen MR) is 133 cm³/mol. The Morgan fingerprint density at radius 2 is 1.50 bits per heavy atom. The molecule has 0 N–H and O–H groups in total. The van der Waals surface area contributed by atoms with Gasteiger partial charge in [0.1, 0.15) is 5.69 Å². The molecule has 0 spiro atoms. The van der Waals surface area contributed by atoms with Gasteiger partial charge in [-0.25, -0.2) is 4.98 Å². The average molecular weight is 426 g/mol. The number of hydrogen-bond donors (Lipinski definition) is 0. The van der Waals surface area contributed by atoms with Gasteiger partial charge < -0.3 is 4.90 Å². The number of pyridine rings is 2. The summed E-state index contributed by atoms with van der Waals surface area (Å²) in [5, 5.41) is 2.02. The van der Waals surface area contributed by atoms with Crippen LogP contribution in [0.2, 0.25) is 0 Å². The van der Waals surface area contributed by atoms with E-state index in [9.17, 15) is 4.79 Å². The first kappa shape index (κ1) is 21.9. The van der Waals surface area contributed by atoms with Crippen LogP contribution >= 0.6 is 0 Å². The normalized spacial score (nSPS) is 11.2. The number of rotatable bonds is 9. The van der Waals surface area contributed by atoms with Crippen molar-refractivity contribution < 1.29 is 4.79 Å². The van der Waals surface area contributed by atoms with E-state index < -0.39 is 0 Å². The maximum absolute atomic E-state index is 13.6. The van der Waals surface area contributed by atoms with Crippen molar-refractivity contribution in [3.63, 3.8) is 0 Å². The van der Waals surface area contributed by atoms with Gasteiger partial charge in [0.15, 0.2) is 0 Å². The maximum Gasteiger partial charge on any atom is 0.276 e. The van der Waals surface area contributed by atoms with Gasteiger partial charge in [-0.1, -0.05) is 81.0 Å². The molecular formula is C28H31N3O. The summed E-state index contributed by atoms with van der Waals surface area (Å²) in [7, 11) is 0. The Labute approximate surface area is 190 Å². The van der Waals surface area contributed by atoms with Gasteiger partial charge in [-0.15, -0.1) is 0 Å². The van der Waals surface area contributed by atoms with Gasteiger partial charge in [-0.05, 0) is 37.6 Å². The zero-order valence-corrected chi connectivity index (χ0v) is 19.1. The SMILES string of the molecule is CCCCCCCCN(C(=O)c1ccc2ccc3cccnc3c2n1)c1ccc(C)cc1. The number of hydrogen-bond acceptors (Lipinski definition) is 3. The third kappa shape index (κ3) is 4.96. The number of aromatic nitrogens is 2. The van der Waals surface area contributed by atoms with Crippen LogP contribution in [0.15, 0.2) is 66.9 Å². The molecule has 2 aromatic carbocycles. The lowest BCUT2D eigenvalue weighted by Gasteiger charge is -2.23. The van der Waals surface area contributed by atoms with Crippen molar-refractivity contribution in [2.24, 2.45) is 0 Å². The molecule has 1 amide bonds. The van der Waals surface area contributed by atoms with Crippen LogP contribution in [0.25, 0.3) is 21.8 Å². The monoisotopic (exact) mass is 425 g/mol. The number of nitrogens with zero attached hydrogens (tertiary/aromatic N) is 3. The highest BCUT2D eigenvalue weighted by molar-refractivity contribution is 6.08. The molecule has 0 saturated carbocycles. The zero-order chi connectivity index (χ0) is 22.3. The van der Waals surface area contributed by atoms with Crippen LogP contribution in [0.5, 0.6) is 0 Å². The number of aryl methyl sites for hydroxylation is 1. The molecule has 0 radical (unpaired) electrons. The molecule has 164 valence electrons. The van der Waals surface area contributed by atoms with E-state index in [1.165, 1.54) is 31.2 Å². The van der Waals surface area contributed by atoms with Crippen LogP contribution in [-0.2, 0) is 0 Å². The molecular weight excluding hydrogens is 394 g/mol. The summed E-state index contributed by atoms with van der Waals surface area (Å²) in [6.07, 6.45) is 8.90. The number of fused-ring (bicyclic) bond motifs is 3. The fourth-order valence-corrected chi connectivity index (χ4v) is 4.10. The standard InChI is InChI=1S/C28H31N3O/c1-3-4-5-6-7-8-20-31(24-16-11-21(2)12-17-24)28(32)25-18-15-23-14-13-22-10-9-19-29-26(22)27(23)30-25/h9-19H,3-8,20H2,1-2H3. The fraction of sp³-hybridized carbons (Fsp3) is 0.321. The second-order valence-corrected chi connectivity index (χ2v) is 8.47. The Balaban J connectivity index is 1.62. The molecule has 4 aromatic rings. The zero-order valence-electron chi connectivity index (χ0n) is 19.1. The lowest BCUT2D eigenvalue weighted by atomic mass is 10.1. The molecule has 4 rings (SSSR count). The highest BCUT2D eigenvalue weighted by Gasteiger charge is 2.19. The van der Waals surface area contributed by atoms with Crippen molar-refractivity contribution >= 4 is 33.4 Å². The van der Waals surface area contributed by atoms with Crippen molar-refractivity contribution in [3.8, 4) is 0 Å². The minimum Gasteiger partial charge on any atom is -0.307 e. The minimum atomic E-state index is -0.0581. The van der Waals surface area contributed by atoms with E-state index in [2.05, 4.69) is 31.0 Å². The van der Waals surface area contributed by atoms with Crippen molar-refractivity contribution in [2.45, 2.75) is 52.4 Å². The predicted octanol–water partition coefficient (Wildman–Crippen LogP) is 7.10. The molecule has 4 nitrogen and oxygen atoms in total. The molecule has 0 bridgehead atoms. The molecule has 2 aromatic heterocycles. The largest absolute Gasteiger partial charge is 0.307 e. The first-order valence-electron chi connectivity index (χ1n) is 11.7. The van der Waals surface area contributed by atoms with Gasteiger partial charge in [0, 0.05) is 29.2 Å². The van der Waals surface area contributed by atoms with E-state index in [4.69, 9.17) is 4.98 Å². The van der Waals surface area contributed by atoms with Crippen molar-refractivity contribution in [1.29, 1.82) is 0 Å². The number of benzene rings is 2. The van der Waals surface area contributed by atoms with Gasteiger partial charge in [0.25, 0.3) is 5.91 Å². The minimum absolute atomic E-state index is 0.0581. The van der Waals surface area contributed by atoms with E-state index in [0.29, 0.717) is 12.2 Å². The van der Waals surface area contributed by atoms with Crippen LogP contribution < -0.4 is 4.90 Å². The molecule has 0 aliphatic heterocycles. The van der Waals surface area contributed by atoms with Gasteiger partial charge in [-0.3, -0.25) is 9.78 Å². The Kier molecular flexibility index (Phi) is 7.10. The van der Waals surface area contributed by atoms with Crippen LogP contribution in [0.3, 0.4) is 0 Å². The van der Waals surface area contributed by atoms with E-state index in [-0.39, 0.29) is 5.91 Å². The maximum atomic E-state index is 13.6. The molecule has 0 saturated heterocycles. The van der Waals surface area contributed by atoms with E-state index in [0.717, 1.165) is 40.3 Å². The van der Waals surface area contributed by atoms with Crippen molar-refractivity contribution in [3.05, 3.63) is 78.1 Å². The molecule has 0 unspecified atom stereocenters. The molecule has 32 heavy (non-hydrogen) atoms. The summed E-state index contributed by atoms with van der Waals surface area (Å²) in [5.41, 5.74) is 4.17. The van der Waals surface area contributed by atoms with Crippen LogP contribution in [0, 0.1) is 6.92 Å². The summed E-state index contributed by atoms with van der Waals surface area (Å²) < 4.78 is 0. The van der Waals surface area contributed by atoms with Gasteiger partial charge in [0.05, 0.1) is 11.0 Å². The quantitative estimate of drug-likeness (QED) is 0.212. The molecule has 4 heteroatoms. The molecule has 2 heterocycles. The highest BCUT2D eigenvalue weighted by atomic mass is 16.2. The molecule has 0 fully saturated rings. The third-order valence-corrected chi connectivity index (χ3v) is 5.98. The fourth-order valence-electron chi connectivity index (χ4n) is 4.10. The van der Waals surface area contributed by atoms with Crippen molar-refractivity contribution in [2.75, 3.05) is 11.4 Å². The topological polar surface area (TPSA) is 46.1 Å². The Morgan fingerprint density at radius 3 is 2.28 bits per heavy atom. The van der Waals surface area contributed by atoms with Gasteiger partial charge in [0.2, 0.25) is 0 Å². The number of carbonyl (C=O) groups is 1. The summed E-state index contributed by atoms with van der Waals surface area (Å²) in [6.45, 7) is 4.99. The molecule has 0 aliphatic carbocycles. The van der Waals surface area contributed by atoms with E-state index in [1.54, 1.807) is 6.20 Å². The van der Waals surface area contributed by atoms with E-state index >= 15 is 0 Å². The van der Waals surface area contributed by atoms with Gasteiger partial charge in [-0.2, -0.15) is 0 Å². The Morgan fingerprint density at radius 1 is 0.812 bits per heavy atom. The lowest BCUT2D eigenvalue weighted by Crippen LogP contribution is -2.32. The smallest absolute Gasteiger partial charge is 0.276 e. The average Bonchev–Trinajstić information content (AvgIpc) is 2.83. The summed E-state index contributed by atoms with van der Waals surface area (Å²) in [5.74, 6) is -0.0581. The lowest BCUT2D eigenvalue weighted by molar-refractivity contribution is 0.0982.